The highest BCUT2D eigenvalue weighted by molar-refractivity contribution is 6.39. The minimum atomic E-state index is -0.314. The third kappa shape index (κ3) is 3.37. The monoisotopic (exact) mass is 330 g/mol. The Balaban J connectivity index is 1.68. The molecular formula is C16H18N4O4. The zero-order valence-corrected chi connectivity index (χ0v) is 13.3. The number of carbonyl (C=O) groups excluding carboxylic acids is 3. The number of nitrogens with one attached hydrogen (secondary N) is 2. The Morgan fingerprint density at radius 2 is 2.17 bits per heavy atom. The first-order valence-corrected chi connectivity index (χ1v) is 7.70. The maximum absolute atomic E-state index is 12.1. The molecule has 24 heavy (non-hydrogen) atoms. The van der Waals surface area contributed by atoms with Crippen molar-refractivity contribution in [2.45, 2.75) is 25.8 Å². The van der Waals surface area contributed by atoms with Gasteiger partial charge in [0.2, 0.25) is 11.8 Å². The number of benzene rings is 1. The molecule has 0 aliphatic carbocycles. The quantitative estimate of drug-likeness (QED) is 0.833. The van der Waals surface area contributed by atoms with Crippen LogP contribution in [-0.2, 0) is 20.9 Å². The van der Waals surface area contributed by atoms with E-state index in [2.05, 4.69) is 15.8 Å². The summed E-state index contributed by atoms with van der Waals surface area (Å²) in [6, 6.07) is 5.46. The first-order valence-electron chi connectivity index (χ1n) is 7.70. The van der Waals surface area contributed by atoms with Crippen LogP contribution in [-0.4, -0.2) is 37.1 Å². The summed E-state index contributed by atoms with van der Waals surface area (Å²) in [4.78, 5) is 36.6. The molecule has 126 valence electrons. The molecule has 3 rings (SSSR count). The van der Waals surface area contributed by atoms with Gasteiger partial charge in [0.1, 0.15) is 11.5 Å². The lowest BCUT2D eigenvalue weighted by Crippen LogP contribution is -2.36. The van der Waals surface area contributed by atoms with Crippen LogP contribution in [0.15, 0.2) is 23.3 Å². The number of anilines is 1. The van der Waals surface area contributed by atoms with E-state index in [4.69, 9.17) is 4.74 Å². The molecule has 0 saturated heterocycles. The Kier molecular flexibility index (Phi) is 4.45. The highest BCUT2D eigenvalue weighted by Gasteiger charge is 2.21. The molecule has 8 heteroatoms. The van der Waals surface area contributed by atoms with Gasteiger partial charge in [-0.1, -0.05) is 6.07 Å². The zero-order valence-electron chi connectivity index (χ0n) is 13.3. The first-order chi connectivity index (χ1) is 11.5. The first kappa shape index (κ1) is 16.0. The fourth-order valence-electron chi connectivity index (χ4n) is 2.53. The van der Waals surface area contributed by atoms with E-state index in [1.807, 2.05) is 12.1 Å². The molecule has 8 nitrogen and oxygen atoms in total. The highest BCUT2D eigenvalue weighted by Crippen LogP contribution is 2.31. The van der Waals surface area contributed by atoms with Crippen LogP contribution in [0.4, 0.5) is 5.69 Å². The molecule has 2 aliphatic rings. The molecule has 0 atom stereocenters. The average Bonchev–Trinajstić information content (AvgIpc) is 2.73. The van der Waals surface area contributed by atoms with E-state index in [1.54, 1.807) is 18.0 Å². The van der Waals surface area contributed by atoms with E-state index < -0.39 is 0 Å². The van der Waals surface area contributed by atoms with Crippen molar-refractivity contribution in [3.05, 3.63) is 23.8 Å². The molecule has 2 heterocycles. The minimum absolute atomic E-state index is 0.0118. The predicted molar refractivity (Wildman–Crippen MR) is 86.6 cm³/mol. The van der Waals surface area contributed by atoms with Crippen LogP contribution in [0.1, 0.15) is 24.8 Å². The van der Waals surface area contributed by atoms with Crippen LogP contribution in [0.3, 0.4) is 0 Å². The van der Waals surface area contributed by atoms with Gasteiger partial charge in [0.05, 0.1) is 18.7 Å². The maximum atomic E-state index is 12.1. The van der Waals surface area contributed by atoms with E-state index in [1.165, 1.54) is 0 Å². The van der Waals surface area contributed by atoms with Gasteiger partial charge >= 0.3 is 0 Å². The summed E-state index contributed by atoms with van der Waals surface area (Å²) in [5, 5.41) is 6.53. The number of hydrogen-bond donors (Lipinski definition) is 2. The predicted octanol–water partition coefficient (Wildman–Crippen LogP) is 0.314. The van der Waals surface area contributed by atoms with Crippen molar-refractivity contribution in [2.75, 3.05) is 18.6 Å². The van der Waals surface area contributed by atoms with Gasteiger partial charge in [-0.2, -0.15) is 5.10 Å². The second kappa shape index (κ2) is 6.69. The largest absolute Gasteiger partial charge is 0.491 e. The molecule has 2 N–H and O–H groups in total. The normalized spacial score (nSPS) is 17.2. The van der Waals surface area contributed by atoms with Gasteiger partial charge in [-0.05, 0) is 17.7 Å². The summed E-state index contributed by atoms with van der Waals surface area (Å²) in [5.74, 6) is 0.135. The Bertz CT molecular complexity index is 729. The number of hydrazone groups is 1. The van der Waals surface area contributed by atoms with Crippen molar-refractivity contribution in [2.24, 2.45) is 5.10 Å². The molecule has 0 saturated carbocycles. The Hall–Kier alpha value is -2.90. The van der Waals surface area contributed by atoms with Crippen LogP contribution in [0.25, 0.3) is 0 Å². The Morgan fingerprint density at radius 3 is 2.92 bits per heavy atom. The number of amides is 3. The van der Waals surface area contributed by atoms with Crippen LogP contribution in [0.5, 0.6) is 5.75 Å². The second-order valence-electron chi connectivity index (χ2n) is 5.63. The van der Waals surface area contributed by atoms with Gasteiger partial charge in [0, 0.05) is 26.4 Å². The summed E-state index contributed by atoms with van der Waals surface area (Å²) in [6.45, 7) is 0.652. The third-order valence-corrected chi connectivity index (χ3v) is 3.95. The van der Waals surface area contributed by atoms with E-state index in [-0.39, 0.29) is 24.1 Å². The van der Waals surface area contributed by atoms with Gasteiger partial charge in [-0.25, -0.2) is 5.43 Å². The lowest BCUT2D eigenvalue weighted by atomic mass is 10.1. The fourth-order valence-corrected chi connectivity index (χ4v) is 2.53. The molecule has 0 unspecified atom stereocenters. The third-order valence-electron chi connectivity index (χ3n) is 3.95. The van der Waals surface area contributed by atoms with Gasteiger partial charge in [-0.3, -0.25) is 14.4 Å². The van der Waals surface area contributed by atoms with E-state index in [9.17, 15) is 14.4 Å². The molecule has 0 fully saturated rings. The second-order valence-corrected chi connectivity index (χ2v) is 5.63. The van der Waals surface area contributed by atoms with Crippen molar-refractivity contribution in [1.29, 1.82) is 0 Å². The number of hydrogen-bond acceptors (Lipinski definition) is 5. The van der Waals surface area contributed by atoms with E-state index in [0.29, 0.717) is 43.1 Å². The molecule has 0 spiro atoms. The van der Waals surface area contributed by atoms with Gasteiger partial charge in [0.15, 0.2) is 0 Å². The lowest BCUT2D eigenvalue weighted by Gasteiger charge is -2.17. The molecule has 0 bridgehead atoms. The smallest absolute Gasteiger partial charge is 0.267 e. The zero-order chi connectivity index (χ0) is 17.1. The number of ether oxygens (including phenoxy) is 1. The fraction of sp³-hybridized carbons (Fsp3) is 0.375. The van der Waals surface area contributed by atoms with Crippen molar-refractivity contribution >= 4 is 29.1 Å². The van der Waals surface area contributed by atoms with Crippen molar-refractivity contribution < 1.29 is 19.1 Å². The summed E-state index contributed by atoms with van der Waals surface area (Å²) in [7, 11) is 1.71. The maximum Gasteiger partial charge on any atom is 0.267 e. The lowest BCUT2D eigenvalue weighted by molar-refractivity contribution is -0.121. The number of carbonyl (C=O) groups is 3. The summed E-state index contributed by atoms with van der Waals surface area (Å²) >= 11 is 0. The molecule has 3 amide bonds. The Labute approximate surface area is 138 Å². The van der Waals surface area contributed by atoms with Gasteiger partial charge < -0.3 is 15.0 Å². The van der Waals surface area contributed by atoms with Crippen molar-refractivity contribution in [3.63, 3.8) is 0 Å². The highest BCUT2D eigenvalue weighted by atomic mass is 16.5. The molecule has 0 radical (unpaired) electrons. The van der Waals surface area contributed by atoms with E-state index >= 15 is 0 Å². The minimum Gasteiger partial charge on any atom is -0.491 e. The molecule has 1 aromatic carbocycles. The molecule has 0 aromatic heterocycles. The Morgan fingerprint density at radius 1 is 1.33 bits per heavy atom. The molecular weight excluding hydrogens is 312 g/mol. The van der Waals surface area contributed by atoms with Crippen LogP contribution >= 0.6 is 0 Å². The topological polar surface area (TPSA) is 100 Å². The average molecular weight is 330 g/mol. The summed E-state index contributed by atoms with van der Waals surface area (Å²) in [6.07, 6.45) is 0.922. The van der Waals surface area contributed by atoms with Gasteiger partial charge in [-0.15, -0.1) is 0 Å². The standard InChI is InChI=1S/C16H18N4O4/c1-20-12-8-10(2-4-13(12)24-7-6-15(20)22)9-17-16(23)11-3-5-14(21)19-18-11/h2,4,8H,3,5-7,9H2,1H3,(H,17,23)(H,19,21). The summed E-state index contributed by atoms with van der Waals surface area (Å²) in [5.41, 5.74) is 4.13. The van der Waals surface area contributed by atoms with Crippen LogP contribution < -0.4 is 20.4 Å². The molecule has 2 aliphatic heterocycles. The van der Waals surface area contributed by atoms with Crippen molar-refractivity contribution in [3.8, 4) is 5.75 Å². The van der Waals surface area contributed by atoms with Crippen LogP contribution in [0.2, 0.25) is 0 Å². The van der Waals surface area contributed by atoms with Crippen LogP contribution in [0, 0.1) is 0 Å². The van der Waals surface area contributed by atoms with E-state index in [0.717, 1.165) is 5.56 Å². The van der Waals surface area contributed by atoms with Gasteiger partial charge in [0.25, 0.3) is 5.91 Å². The number of fused-ring (bicyclic) bond motifs is 1. The number of nitrogens with zero attached hydrogens (tertiary/aromatic N) is 2. The number of rotatable bonds is 3. The SMILES string of the molecule is CN1C(=O)CCOc2ccc(CNC(=O)C3=NNC(=O)CC3)cc21. The molecule has 1 aromatic rings. The van der Waals surface area contributed by atoms with Crippen molar-refractivity contribution in [1.82, 2.24) is 10.7 Å². The summed E-state index contributed by atoms with van der Waals surface area (Å²) < 4.78 is 5.57.